The molecule has 1 amide bonds. The van der Waals surface area contributed by atoms with Crippen LogP contribution in [0.4, 0.5) is 0 Å². The Labute approximate surface area is 97.9 Å². The summed E-state index contributed by atoms with van der Waals surface area (Å²) in [5.74, 6) is 0.472. The molecule has 0 atom stereocenters. The molecule has 0 aliphatic heterocycles. The normalized spacial score (nSPS) is 25.8. The Morgan fingerprint density at radius 2 is 2.00 bits per heavy atom. The molecule has 1 aliphatic rings. The highest BCUT2D eigenvalue weighted by molar-refractivity contribution is 5.77. The molecule has 1 fully saturated rings. The van der Waals surface area contributed by atoms with Gasteiger partial charge in [-0.1, -0.05) is 13.8 Å². The third-order valence-electron chi connectivity index (χ3n) is 2.88. The lowest BCUT2D eigenvalue weighted by atomic mass is 9.94. The molecule has 1 saturated carbocycles. The Morgan fingerprint density at radius 1 is 1.38 bits per heavy atom. The van der Waals surface area contributed by atoms with Crippen molar-refractivity contribution in [1.82, 2.24) is 5.32 Å². The molecule has 0 aromatic heterocycles. The number of nitrogens with two attached hydrogens (primary N) is 1. The third kappa shape index (κ3) is 5.47. The summed E-state index contributed by atoms with van der Waals surface area (Å²) in [7, 11) is 0. The molecule has 0 aromatic carbocycles. The number of carbonyl (C=O) groups is 1. The van der Waals surface area contributed by atoms with Crippen LogP contribution in [0, 0.1) is 5.92 Å². The van der Waals surface area contributed by atoms with Gasteiger partial charge >= 0.3 is 0 Å². The van der Waals surface area contributed by atoms with E-state index in [-0.39, 0.29) is 18.6 Å². The Bertz CT molecular complexity index is 211. The first-order chi connectivity index (χ1) is 7.58. The molecular weight excluding hydrogens is 204 g/mol. The average Bonchev–Trinajstić information content (AvgIpc) is 2.25. The second kappa shape index (κ2) is 6.86. The van der Waals surface area contributed by atoms with Gasteiger partial charge in [0.1, 0.15) is 6.61 Å². The van der Waals surface area contributed by atoms with E-state index in [0.29, 0.717) is 12.0 Å². The number of rotatable bonds is 5. The number of hydrogen-bond acceptors (Lipinski definition) is 3. The van der Waals surface area contributed by atoms with Crippen LogP contribution in [0.15, 0.2) is 0 Å². The molecule has 0 saturated heterocycles. The van der Waals surface area contributed by atoms with Gasteiger partial charge in [0, 0.05) is 12.6 Å². The van der Waals surface area contributed by atoms with Crippen molar-refractivity contribution in [3.05, 3.63) is 0 Å². The van der Waals surface area contributed by atoms with E-state index in [0.717, 1.165) is 32.2 Å². The topological polar surface area (TPSA) is 64.3 Å². The fourth-order valence-electron chi connectivity index (χ4n) is 1.82. The zero-order valence-corrected chi connectivity index (χ0v) is 10.4. The minimum Gasteiger partial charge on any atom is -0.368 e. The summed E-state index contributed by atoms with van der Waals surface area (Å²) < 4.78 is 5.56. The Morgan fingerprint density at radius 3 is 2.56 bits per heavy atom. The first-order valence-electron chi connectivity index (χ1n) is 6.21. The maximum atomic E-state index is 11.4. The van der Waals surface area contributed by atoms with E-state index in [2.05, 4.69) is 19.2 Å². The van der Waals surface area contributed by atoms with Crippen LogP contribution in [0.5, 0.6) is 0 Å². The number of nitrogens with one attached hydrogen (secondary N) is 1. The van der Waals surface area contributed by atoms with Crippen LogP contribution in [0.1, 0.15) is 39.5 Å². The van der Waals surface area contributed by atoms with Crippen LogP contribution in [-0.4, -0.2) is 31.2 Å². The molecule has 1 aliphatic carbocycles. The van der Waals surface area contributed by atoms with Crippen molar-refractivity contribution in [3.8, 4) is 0 Å². The highest BCUT2D eigenvalue weighted by Crippen LogP contribution is 2.19. The number of ether oxygens (including phenoxy) is 1. The summed E-state index contributed by atoms with van der Waals surface area (Å²) >= 11 is 0. The van der Waals surface area contributed by atoms with Gasteiger partial charge in [-0.2, -0.15) is 0 Å². The standard InChI is InChI=1S/C12H24N2O2/c1-9(2)7-14-12(15)8-16-11-5-3-10(13)4-6-11/h9-11H,3-8,13H2,1-2H3,(H,14,15). The van der Waals surface area contributed by atoms with Gasteiger partial charge in [0.2, 0.25) is 5.91 Å². The fraction of sp³-hybridized carbons (Fsp3) is 0.917. The van der Waals surface area contributed by atoms with E-state index >= 15 is 0 Å². The highest BCUT2D eigenvalue weighted by atomic mass is 16.5. The summed E-state index contributed by atoms with van der Waals surface area (Å²) in [6, 6.07) is 0.328. The quantitative estimate of drug-likeness (QED) is 0.739. The predicted octanol–water partition coefficient (Wildman–Crippen LogP) is 1.05. The van der Waals surface area contributed by atoms with Crippen molar-refractivity contribution < 1.29 is 9.53 Å². The zero-order chi connectivity index (χ0) is 12.0. The van der Waals surface area contributed by atoms with Crippen molar-refractivity contribution in [3.63, 3.8) is 0 Å². The van der Waals surface area contributed by atoms with Crippen molar-refractivity contribution in [2.75, 3.05) is 13.2 Å². The van der Waals surface area contributed by atoms with Crippen LogP contribution >= 0.6 is 0 Å². The maximum absolute atomic E-state index is 11.4. The monoisotopic (exact) mass is 228 g/mol. The molecule has 0 aromatic rings. The molecule has 0 unspecified atom stereocenters. The van der Waals surface area contributed by atoms with Gasteiger partial charge in [0.05, 0.1) is 6.10 Å². The summed E-state index contributed by atoms with van der Waals surface area (Å²) in [5.41, 5.74) is 5.80. The molecule has 16 heavy (non-hydrogen) atoms. The van der Waals surface area contributed by atoms with Crippen molar-refractivity contribution >= 4 is 5.91 Å². The second-order valence-corrected chi connectivity index (χ2v) is 5.05. The van der Waals surface area contributed by atoms with E-state index in [9.17, 15) is 4.79 Å². The fourth-order valence-corrected chi connectivity index (χ4v) is 1.82. The molecule has 4 nitrogen and oxygen atoms in total. The van der Waals surface area contributed by atoms with Gasteiger partial charge in [0.25, 0.3) is 0 Å². The maximum Gasteiger partial charge on any atom is 0.246 e. The van der Waals surface area contributed by atoms with Crippen molar-refractivity contribution in [2.45, 2.75) is 51.7 Å². The van der Waals surface area contributed by atoms with Crippen LogP contribution < -0.4 is 11.1 Å². The van der Waals surface area contributed by atoms with Gasteiger partial charge < -0.3 is 15.8 Å². The molecule has 0 spiro atoms. The number of carbonyl (C=O) groups excluding carboxylic acids is 1. The molecule has 3 N–H and O–H groups in total. The first kappa shape index (κ1) is 13.5. The van der Waals surface area contributed by atoms with Crippen LogP contribution in [-0.2, 0) is 9.53 Å². The lowest BCUT2D eigenvalue weighted by Crippen LogP contribution is -2.35. The molecule has 0 bridgehead atoms. The van der Waals surface area contributed by atoms with Crippen molar-refractivity contribution in [2.24, 2.45) is 11.7 Å². The summed E-state index contributed by atoms with van der Waals surface area (Å²) in [5, 5.41) is 2.84. The number of hydrogen-bond donors (Lipinski definition) is 2. The summed E-state index contributed by atoms with van der Waals surface area (Å²) in [6.07, 6.45) is 4.22. The van der Waals surface area contributed by atoms with Gasteiger partial charge in [0.15, 0.2) is 0 Å². The van der Waals surface area contributed by atoms with Crippen LogP contribution in [0.2, 0.25) is 0 Å². The Balaban J connectivity index is 2.07. The second-order valence-electron chi connectivity index (χ2n) is 5.05. The molecular formula is C12H24N2O2. The van der Waals surface area contributed by atoms with E-state index in [1.807, 2.05) is 0 Å². The molecule has 1 rings (SSSR count). The minimum atomic E-state index is -0.0106. The predicted molar refractivity (Wildman–Crippen MR) is 64.0 cm³/mol. The summed E-state index contributed by atoms with van der Waals surface area (Å²) in [6.45, 7) is 5.05. The zero-order valence-electron chi connectivity index (χ0n) is 10.4. The summed E-state index contributed by atoms with van der Waals surface area (Å²) in [4.78, 5) is 11.4. The SMILES string of the molecule is CC(C)CNC(=O)COC1CCC(N)CC1. The Hall–Kier alpha value is -0.610. The minimum absolute atomic E-state index is 0.0106. The lowest BCUT2D eigenvalue weighted by molar-refractivity contribution is -0.128. The van der Waals surface area contributed by atoms with Gasteiger partial charge in [-0.25, -0.2) is 0 Å². The molecule has 4 heteroatoms. The number of amides is 1. The highest BCUT2D eigenvalue weighted by Gasteiger charge is 2.19. The van der Waals surface area contributed by atoms with Gasteiger partial charge in [-0.05, 0) is 31.6 Å². The van der Waals surface area contributed by atoms with Gasteiger partial charge in [-0.15, -0.1) is 0 Å². The van der Waals surface area contributed by atoms with E-state index in [1.54, 1.807) is 0 Å². The van der Waals surface area contributed by atoms with Crippen molar-refractivity contribution in [1.29, 1.82) is 0 Å². The average molecular weight is 228 g/mol. The third-order valence-corrected chi connectivity index (χ3v) is 2.88. The lowest BCUT2D eigenvalue weighted by Gasteiger charge is -2.25. The van der Waals surface area contributed by atoms with Crippen LogP contribution in [0.3, 0.4) is 0 Å². The van der Waals surface area contributed by atoms with E-state index in [1.165, 1.54) is 0 Å². The van der Waals surface area contributed by atoms with E-state index in [4.69, 9.17) is 10.5 Å². The molecule has 94 valence electrons. The largest absolute Gasteiger partial charge is 0.368 e. The molecule has 0 heterocycles. The smallest absolute Gasteiger partial charge is 0.246 e. The van der Waals surface area contributed by atoms with E-state index < -0.39 is 0 Å². The first-order valence-corrected chi connectivity index (χ1v) is 6.21. The molecule has 0 radical (unpaired) electrons. The Kier molecular flexibility index (Phi) is 5.77. The van der Waals surface area contributed by atoms with Crippen LogP contribution in [0.25, 0.3) is 0 Å². The van der Waals surface area contributed by atoms with Gasteiger partial charge in [-0.3, -0.25) is 4.79 Å².